The summed E-state index contributed by atoms with van der Waals surface area (Å²) < 4.78 is 11.3. The fourth-order valence-electron chi connectivity index (χ4n) is 5.02. The lowest BCUT2D eigenvalue weighted by atomic mass is 9.98. The smallest absolute Gasteiger partial charge is 0.407 e. The van der Waals surface area contributed by atoms with Crippen LogP contribution < -0.4 is 10.6 Å². The summed E-state index contributed by atoms with van der Waals surface area (Å²) in [6, 6.07) is 24.3. The first-order valence-electron chi connectivity index (χ1n) is 13.6. The minimum atomic E-state index is -1.26. The van der Waals surface area contributed by atoms with Gasteiger partial charge in [-0.25, -0.2) is 14.6 Å². The molecule has 2 atom stereocenters. The summed E-state index contributed by atoms with van der Waals surface area (Å²) in [6.45, 7) is 3.73. The van der Waals surface area contributed by atoms with Gasteiger partial charge < -0.3 is 25.2 Å². The van der Waals surface area contributed by atoms with Crippen molar-refractivity contribution < 1.29 is 29.0 Å². The van der Waals surface area contributed by atoms with Crippen LogP contribution in [0, 0.1) is 6.92 Å². The van der Waals surface area contributed by atoms with E-state index in [9.17, 15) is 19.5 Å². The predicted molar refractivity (Wildman–Crippen MR) is 158 cm³/mol. The highest BCUT2D eigenvalue weighted by atomic mass is 32.1. The molecule has 10 heteroatoms. The summed E-state index contributed by atoms with van der Waals surface area (Å²) in [6.07, 6.45) is -1.37. The lowest BCUT2D eigenvalue weighted by Gasteiger charge is -2.21. The Hall–Kier alpha value is -4.54. The van der Waals surface area contributed by atoms with Crippen LogP contribution in [0.3, 0.4) is 0 Å². The molecule has 1 heterocycles. The summed E-state index contributed by atoms with van der Waals surface area (Å²) in [7, 11) is 0. The average Bonchev–Trinajstić information content (AvgIpc) is 3.54. The van der Waals surface area contributed by atoms with E-state index in [-0.39, 0.29) is 30.6 Å². The molecule has 0 radical (unpaired) electrons. The second kappa shape index (κ2) is 13.0. The Morgan fingerprint density at radius 3 is 2.21 bits per heavy atom. The Labute approximate surface area is 247 Å². The van der Waals surface area contributed by atoms with E-state index in [1.165, 1.54) is 0 Å². The van der Waals surface area contributed by atoms with Gasteiger partial charge in [0.2, 0.25) is 0 Å². The van der Waals surface area contributed by atoms with Gasteiger partial charge in [0.05, 0.1) is 24.9 Å². The summed E-state index contributed by atoms with van der Waals surface area (Å²) in [5.41, 5.74) is 5.87. The van der Waals surface area contributed by atoms with Crippen molar-refractivity contribution in [3.8, 4) is 11.1 Å². The van der Waals surface area contributed by atoms with Crippen molar-refractivity contribution in [2.45, 2.75) is 45.1 Å². The largest absolute Gasteiger partial charge is 0.480 e. The third-order valence-electron chi connectivity index (χ3n) is 7.15. The van der Waals surface area contributed by atoms with Crippen LogP contribution in [0.25, 0.3) is 11.1 Å². The SMILES string of the molecule is Cc1nc(CNC(=O)OCC2c3ccccc3-c3ccccc32)sc1C(=O)N[C@H](C(=O)O)[C@@H](C)OCc1ccccc1. The number of aryl methyl sites for hydroxylation is 1. The molecule has 42 heavy (non-hydrogen) atoms. The van der Waals surface area contributed by atoms with Gasteiger partial charge in [0, 0.05) is 5.92 Å². The molecule has 0 saturated carbocycles. The molecule has 9 nitrogen and oxygen atoms in total. The van der Waals surface area contributed by atoms with Crippen molar-refractivity contribution >= 4 is 29.3 Å². The van der Waals surface area contributed by atoms with Crippen LogP contribution in [-0.2, 0) is 27.4 Å². The van der Waals surface area contributed by atoms with Crippen LogP contribution in [-0.4, -0.2) is 46.8 Å². The van der Waals surface area contributed by atoms with Crippen LogP contribution in [0.2, 0.25) is 0 Å². The Morgan fingerprint density at radius 1 is 0.952 bits per heavy atom. The van der Waals surface area contributed by atoms with Gasteiger partial charge in [0.1, 0.15) is 16.5 Å². The van der Waals surface area contributed by atoms with E-state index in [1.807, 2.05) is 54.6 Å². The van der Waals surface area contributed by atoms with Crippen LogP contribution >= 0.6 is 11.3 Å². The van der Waals surface area contributed by atoms with Gasteiger partial charge in [-0.3, -0.25) is 4.79 Å². The standard InChI is InChI=1S/C32H31N3O6S/c1-19-29(30(36)35-28(31(37)38)20(2)40-17-21-10-4-3-5-11-21)42-27(34-19)16-33-32(39)41-18-26-24-14-8-6-12-22(24)23-13-7-9-15-25(23)26/h3-15,20,26,28H,16-18H2,1-2H3,(H,33,39)(H,35,36)(H,37,38)/t20-,28+/m1/s1. The Balaban J connectivity index is 1.14. The molecule has 0 spiro atoms. The normalized spacial score (nSPS) is 13.5. The van der Waals surface area contributed by atoms with Crippen LogP contribution in [0.4, 0.5) is 4.79 Å². The zero-order valence-electron chi connectivity index (χ0n) is 23.2. The second-order valence-electron chi connectivity index (χ2n) is 9.99. The summed E-state index contributed by atoms with van der Waals surface area (Å²) in [4.78, 5) is 42.1. The molecule has 0 bridgehead atoms. The number of carboxylic acids is 1. The number of hydrogen-bond acceptors (Lipinski definition) is 7. The number of rotatable bonds is 11. The van der Waals surface area contributed by atoms with Crippen molar-refractivity contribution in [1.29, 1.82) is 0 Å². The van der Waals surface area contributed by atoms with Gasteiger partial charge in [-0.2, -0.15) is 0 Å². The number of aliphatic carboxylic acids is 1. The van der Waals surface area contributed by atoms with Gasteiger partial charge in [0.25, 0.3) is 5.91 Å². The van der Waals surface area contributed by atoms with Crippen molar-refractivity contribution in [1.82, 2.24) is 15.6 Å². The zero-order chi connectivity index (χ0) is 29.6. The molecule has 3 aromatic carbocycles. The second-order valence-corrected chi connectivity index (χ2v) is 11.1. The predicted octanol–water partition coefficient (Wildman–Crippen LogP) is 5.28. The Bertz CT molecular complexity index is 1540. The Kier molecular flexibility index (Phi) is 8.94. The molecule has 0 aliphatic heterocycles. The Morgan fingerprint density at radius 2 is 1.57 bits per heavy atom. The lowest BCUT2D eigenvalue weighted by Crippen LogP contribution is -2.48. The quantitative estimate of drug-likeness (QED) is 0.219. The number of alkyl carbamates (subject to hydrolysis) is 1. The van der Waals surface area contributed by atoms with E-state index in [2.05, 4.69) is 39.9 Å². The van der Waals surface area contributed by atoms with Crippen molar-refractivity contribution in [3.05, 3.63) is 111 Å². The van der Waals surface area contributed by atoms with E-state index >= 15 is 0 Å². The summed E-state index contributed by atoms with van der Waals surface area (Å²) in [5.74, 6) is -1.83. The van der Waals surface area contributed by atoms with Crippen molar-refractivity contribution in [2.75, 3.05) is 6.61 Å². The third-order valence-corrected chi connectivity index (χ3v) is 8.31. The minimum Gasteiger partial charge on any atom is -0.480 e. The topological polar surface area (TPSA) is 127 Å². The zero-order valence-corrected chi connectivity index (χ0v) is 24.0. The van der Waals surface area contributed by atoms with Gasteiger partial charge in [-0.15, -0.1) is 11.3 Å². The van der Waals surface area contributed by atoms with Crippen LogP contribution in [0.5, 0.6) is 0 Å². The first kappa shape index (κ1) is 29.0. The van der Waals surface area contributed by atoms with E-state index in [0.717, 1.165) is 39.2 Å². The maximum absolute atomic E-state index is 13.0. The number of amides is 2. The fourth-order valence-corrected chi connectivity index (χ4v) is 5.93. The maximum Gasteiger partial charge on any atom is 0.407 e. The number of carboxylic acid groups (broad SMARTS) is 1. The highest BCUT2D eigenvalue weighted by molar-refractivity contribution is 7.13. The molecule has 216 valence electrons. The first-order valence-corrected chi connectivity index (χ1v) is 14.4. The van der Waals surface area contributed by atoms with Crippen LogP contribution in [0.15, 0.2) is 78.9 Å². The number of benzene rings is 3. The highest BCUT2D eigenvalue weighted by Gasteiger charge is 2.30. The van der Waals surface area contributed by atoms with Crippen molar-refractivity contribution in [3.63, 3.8) is 0 Å². The molecule has 0 saturated heterocycles. The van der Waals surface area contributed by atoms with Gasteiger partial charge in [-0.05, 0) is 41.7 Å². The number of nitrogens with zero attached hydrogens (tertiary/aromatic N) is 1. The van der Waals surface area contributed by atoms with E-state index in [1.54, 1.807) is 13.8 Å². The monoisotopic (exact) mass is 585 g/mol. The molecule has 2 amide bonds. The number of nitrogens with one attached hydrogen (secondary N) is 2. The number of carbonyl (C=O) groups is 3. The fraction of sp³-hybridized carbons (Fsp3) is 0.250. The number of carbonyl (C=O) groups excluding carboxylic acids is 2. The summed E-state index contributed by atoms with van der Waals surface area (Å²) >= 11 is 1.08. The summed E-state index contributed by atoms with van der Waals surface area (Å²) in [5, 5.41) is 15.5. The first-order chi connectivity index (χ1) is 20.3. The van der Waals surface area contributed by atoms with Crippen LogP contribution in [0.1, 0.15) is 49.9 Å². The molecule has 3 N–H and O–H groups in total. The van der Waals surface area contributed by atoms with Gasteiger partial charge >= 0.3 is 12.1 Å². The third kappa shape index (κ3) is 6.50. The van der Waals surface area contributed by atoms with E-state index < -0.39 is 30.1 Å². The molecular weight excluding hydrogens is 554 g/mol. The minimum absolute atomic E-state index is 0.0539. The molecule has 0 unspecified atom stereocenters. The number of hydrogen-bond donors (Lipinski definition) is 3. The van der Waals surface area contributed by atoms with Gasteiger partial charge in [-0.1, -0.05) is 78.9 Å². The van der Waals surface area contributed by atoms with Crippen molar-refractivity contribution in [2.24, 2.45) is 0 Å². The molecule has 5 rings (SSSR count). The molecule has 0 fully saturated rings. The molecular formula is C32H31N3O6S. The maximum atomic E-state index is 13.0. The highest BCUT2D eigenvalue weighted by Crippen LogP contribution is 2.44. The number of fused-ring (bicyclic) bond motifs is 3. The van der Waals surface area contributed by atoms with Gasteiger partial charge in [0.15, 0.2) is 6.04 Å². The van der Waals surface area contributed by atoms with E-state index in [4.69, 9.17) is 9.47 Å². The molecule has 1 aromatic heterocycles. The average molecular weight is 586 g/mol. The van der Waals surface area contributed by atoms with E-state index in [0.29, 0.717) is 10.7 Å². The number of ether oxygens (including phenoxy) is 2. The molecule has 4 aromatic rings. The molecule has 1 aliphatic rings. The number of thiazole rings is 1. The molecule has 1 aliphatic carbocycles. The lowest BCUT2D eigenvalue weighted by molar-refractivity contribution is -0.143. The number of aromatic nitrogens is 1.